The molecule has 1 aromatic rings. The van der Waals surface area contributed by atoms with Crippen LogP contribution in [0.15, 0.2) is 0 Å². The Morgan fingerprint density at radius 3 is 2.87 bits per heavy atom. The van der Waals surface area contributed by atoms with Crippen LogP contribution < -0.4 is 11.1 Å². The molecule has 3 N–H and O–H groups in total. The van der Waals surface area contributed by atoms with Gasteiger partial charge < -0.3 is 11.1 Å². The van der Waals surface area contributed by atoms with Crippen molar-refractivity contribution in [1.82, 2.24) is 10.3 Å². The highest BCUT2D eigenvalue weighted by molar-refractivity contribution is 7.11. The van der Waals surface area contributed by atoms with Crippen molar-refractivity contribution >= 4 is 11.3 Å². The molecule has 0 aromatic carbocycles. The number of aromatic nitrogens is 1. The number of rotatable bonds is 3. The Morgan fingerprint density at radius 2 is 2.20 bits per heavy atom. The summed E-state index contributed by atoms with van der Waals surface area (Å²) in [4.78, 5) is 6.13. The van der Waals surface area contributed by atoms with Crippen LogP contribution in [-0.2, 0) is 6.42 Å². The van der Waals surface area contributed by atoms with Crippen molar-refractivity contribution in [2.75, 3.05) is 19.6 Å². The Hall–Kier alpha value is -0.450. The zero-order valence-corrected chi connectivity index (χ0v) is 10.1. The van der Waals surface area contributed by atoms with Crippen molar-refractivity contribution < 1.29 is 0 Å². The fourth-order valence-corrected chi connectivity index (χ4v) is 3.20. The summed E-state index contributed by atoms with van der Waals surface area (Å²) in [5, 5.41) is 4.60. The molecule has 2 heterocycles. The van der Waals surface area contributed by atoms with E-state index in [1.807, 2.05) is 11.3 Å². The zero-order chi connectivity index (χ0) is 10.7. The molecule has 2 rings (SSSR count). The van der Waals surface area contributed by atoms with E-state index >= 15 is 0 Å². The van der Waals surface area contributed by atoms with E-state index in [-0.39, 0.29) is 0 Å². The lowest BCUT2D eigenvalue weighted by atomic mass is 9.94. The largest absolute Gasteiger partial charge is 0.330 e. The van der Waals surface area contributed by atoms with Crippen LogP contribution in [-0.4, -0.2) is 24.6 Å². The molecule has 0 bridgehead atoms. The average molecular weight is 225 g/mol. The van der Waals surface area contributed by atoms with Crippen LogP contribution in [0.4, 0.5) is 0 Å². The van der Waals surface area contributed by atoms with Gasteiger partial charge >= 0.3 is 0 Å². The van der Waals surface area contributed by atoms with E-state index in [4.69, 9.17) is 10.7 Å². The minimum Gasteiger partial charge on any atom is -0.330 e. The van der Waals surface area contributed by atoms with Gasteiger partial charge in [0, 0.05) is 17.2 Å². The van der Waals surface area contributed by atoms with Crippen molar-refractivity contribution in [3.8, 4) is 0 Å². The lowest BCUT2D eigenvalue weighted by Gasteiger charge is -2.21. The van der Waals surface area contributed by atoms with Crippen molar-refractivity contribution in [1.29, 1.82) is 0 Å². The molecular formula is C11H19N3S. The predicted octanol–water partition coefficient (Wildman–Crippen LogP) is 1.42. The molecule has 15 heavy (non-hydrogen) atoms. The number of nitrogens with one attached hydrogen (secondary N) is 1. The highest BCUT2D eigenvalue weighted by Crippen LogP contribution is 2.30. The Balaban J connectivity index is 2.11. The monoisotopic (exact) mass is 225 g/mol. The van der Waals surface area contributed by atoms with Crippen molar-refractivity contribution in [2.45, 2.75) is 32.1 Å². The Morgan fingerprint density at radius 1 is 1.47 bits per heavy atom. The van der Waals surface area contributed by atoms with Crippen LogP contribution in [0.5, 0.6) is 0 Å². The number of hydrogen-bond acceptors (Lipinski definition) is 4. The summed E-state index contributed by atoms with van der Waals surface area (Å²) in [6.07, 6.45) is 3.38. The van der Waals surface area contributed by atoms with Gasteiger partial charge in [0.15, 0.2) is 0 Å². The van der Waals surface area contributed by atoms with Crippen LogP contribution in [0.1, 0.15) is 34.3 Å². The molecule has 0 amide bonds. The third-order valence-corrected chi connectivity index (χ3v) is 4.01. The summed E-state index contributed by atoms with van der Waals surface area (Å²) < 4.78 is 0. The topological polar surface area (TPSA) is 50.9 Å². The van der Waals surface area contributed by atoms with Gasteiger partial charge in [-0.2, -0.15) is 0 Å². The molecule has 3 nitrogen and oxygen atoms in total. The van der Waals surface area contributed by atoms with Crippen LogP contribution in [0.25, 0.3) is 0 Å². The third kappa shape index (κ3) is 2.56. The molecule has 1 aromatic heterocycles. The number of aryl methyl sites for hydroxylation is 1. The first-order valence-corrected chi connectivity index (χ1v) is 6.50. The molecule has 0 radical (unpaired) electrons. The molecule has 1 aliphatic rings. The van der Waals surface area contributed by atoms with Gasteiger partial charge in [-0.15, -0.1) is 11.3 Å². The van der Waals surface area contributed by atoms with Gasteiger partial charge in [-0.05, 0) is 39.4 Å². The lowest BCUT2D eigenvalue weighted by Crippen LogP contribution is -2.27. The quantitative estimate of drug-likeness (QED) is 0.818. The maximum absolute atomic E-state index is 5.55. The second kappa shape index (κ2) is 5.05. The fourth-order valence-electron chi connectivity index (χ4n) is 2.17. The molecule has 1 aliphatic heterocycles. The van der Waals surface area contributed by atoms with Gasteiger partial charge in [0.1, 0.15) is 0 Å². The molecule has 84 valence electrons. The van der Waals surface area contributed by atoms with Gasteiger partial charge in [0.05, 0.1) is 10.7 Å². The molecule has 0 unspecified atom stereocenters. The first-order valence-electron chi connectivity index (χ1n) is 5.68. The molecule has 0 atom stereocenters. The zero-order valence-electron chi connectivity index (χ0n) is 9.25. The van der Waals surface area contributed by atoms with E-state index in [1.54, 1.807) is 0 Å². The standard InChI is InChI=1S/C11H19N3S/c1-8-11(9-3-6-13-7-4-9)14-10(15-8)2-5-12/h9,13H,2-7,12H2,1H3. The first-order chi connectivity index (χ1) is 7.31. The number of piperidine rings is 1. The molecule has 0 spiro atoms. The summed E-state index contributed by atoms with van der Waals surface area (Å²) in [7, 11) is 0. The normalized spacial score (nSPS) is 18.3. The van der Waals surface area contributed by atoms with E-state index in [2.05, 4.69) is 12.2 Å². The Labute approximate surface area is 95.1 Å². The summed E-state index contributed by atoms with van der Waals surface area (Å²) in [5.74, 6) is 0.675. The third-order valence-electron chi connectivity index (χ3n) is 2.96. The molecule has 0 saturated carbocycles. The van der Waals surface area contributed by atoms with Gasteiger partial charge in [0.2, 0.25) is 0 Å². The summed E-state index contributed by atoms with van der Waals surface area (Å²) in [5.41, 5.74) is 6.89. The molecule has 0 aliphatic carbocycles. The Bertz CT molecular complexity index is 316. The number of hydrogen-bond donors (Lipinski definition) is 2. The average Bonchev–Trinajstić information content (AvgIpc) is 2.61. The van der Waals surface area contributed by atoms with Crippen LogP contribution >= 0.6 is 11.3 Å². The minimum absolute atomic E-state index is 0.675. The summed E-state index contributed by atoms with van der Waals surface area (Å²) in [6.45, 7) is 5.16. The molecular weight excluding hydrogens is 206 g/mol. The van der Waals surface area contributed by atoms with E-state index < -0.39 is 0 Å². The first kappa shape index (κ1) is 11.0. The highest BCUT2D eigenvalue weighted by atomic mass is 32.1. The maximum Gasteiger partial charge on any atom is 0.0943 e. The summed E-state index contributed by atoms with van der Waals surface area (Å²) in [6, 6.07) is 0. The number of thiazole rings is 1. The van der Waals surface area contributed by atoms with Crippen molar-refractivity contribution in [3.63, 3.8) is 0 Å². The number of nitrogens with zero attached hydrogens (tertiary/aromatic N) is 1. The second-order valence-corrected chi connectivity index (χ2v) is 5.40. The summed E-state index contributed by atoms with van der Waals surface area (Å²) >= 11 is 1.82. The van der Waals surface area contributed by atoms with E-state index in [0.717, 1.165) is 19.5 Å². The van der Waals surface area contributed by atoms with Gasteiger partial charge in [0.25, 0.3) is 0 Å². The minimum atomic E-state index is 0.675. The van der Waals surface area contributed by atoms with Crippen LogP contribution in [0.3, 0.4) is 0 Å². The van der Waals surface area contributed by atoms with Crippen LogP contribution in [0.2, 0.25) is 0 Å². The van der Waals surface area contributed by atoms with Gasteiger partial charge in [-0.25, -0.2) is 4.98 Å². The van der Waals surface area contributed by atoms with E-state index in [1.165, 1.54) is 28.4 Å². The SMILES string of the molecule is Cc1sc(CCN)nc1C1CCNCC1. The van der Waals surface area contributed by atoms with Crippen molar-refractivity contribution in [2.24, 2.45) is 5.73 Å². The maximum atomic E-state index is 5.55. The van der Waals surface area contributed by atoms with Crippen LogP contribution in [0, 0.1) is 6.92 Å². The highest BCUT2D eigenvalue weighted by Gasteiger charge is 2.20. The smallest absolute Gasteiger partial charge is 0.0943 e. The van der Waals surface area contributed by atoms with Gasteiger partial charge in [-0.3, -0.25) is 0 Å². The number of nitrogens with two attached hydrogens (primary N) is 1. The van der Waals surface area contributed by atoms with Gasteiger partial charge in [-0.1, -0.05) is 0 Å². The van der Waals surface area contributed by atoms with E-state index in [0.29, 0.717) is 12.5 Å². The second-order valence-electron chi connectivity index (χ2n) is 4.11. The molecule has 1 saturated heterocycles. The molecule has 4 heteroatoms. The Kier molecular flexibility index (Phi) is 3.72. The predicted molar refractivity (Wildman–Crippen MR) is 64.5 cm³/mol. The fraction of sp³-hybridized carbons (Fsp3) is 0.727. The molecule has 1 fully saturated rings. The van der Waals surface area contributed by atoms with Crippen molar-refractivity contribution in [3.05, 3.63) is 15.6 Å². The lowest BCUT2D eigenvalue weighted by molar-refractivity contribution is 0.453. The van der Waals surface area contributed by atoms with E-state index in [9.17, 15) is 0 Å².